The van der Waals surface area contributed by atoms with Crippen LogP contribution in [-0.2, 0) is 6.54 Å². The molecule has 21 heavy (non-hydrogen) atoms. The molecule has 116 valence electrons. The zero-order valence-corrected chi connectivity index (χ0v) is 12.6. The lowest BCUT2D eigenvalue weighted by Crippen LogP contribution is -2.37. The van der Waals surface area contributed by atoms with Crippen molar-refractivity contribution in [3.8, 4) is 0 Å². The van der Waals surface area contributed by atoms with E-state index in [1.165, 1.54) is 12.1 Å². The third kappa shape index (κ3) is 4.00. The van der Waals surface area contributed by atoms with Crippen LogP contribution in [0, 0.1) is 5.82 Å². The Balaban J connectivity index is 2.12. The fourth-order valence-corrected chi connectivity index (χ4v) is 2.87. The number of likely N-dealkylation sites (tertiary alicyclic amines) is 1. The van der Waals surface area contributed by atoms with E-state index in [0.29, 0.717) is 23.7 Å². The fourth-order valence-electron chi connectivity index (χ4n) is 2.87. The molecule has 1 aromatic carbocycles. The molecule has 0 aliphatic carbocycles. The van der Waals surface area contributed by atoms with Gasteiger partial charge in [0.15, 0.2) is 0 Å². The van der Waals surface area contributed by atoms with Crippen molar-refractivity contribution in [1.82, 2.24) is 15.2 Å². The number of nitrogens with one attached hydrogen (secondary N) is 1. The van der Waals surface area contributed by atoms with Gasteiger partial charge in [-0.3, -0.25) is 15.1 Å². The number of hydrogen-bond acceptors (Lipinski definition) is 4. The van der Waals surface area contributed by atoms with E-state index in [2.05, 4.69) is 15.2 Å². The normalized spacial score (nSPS) is 19.2. The number of halogens is 1. The van der Waals surface area contributed by atoms with Gasteiger partial charge in [-0.05, 0) is 51.7 Å². The Morgan fingerprint density at radius 2 is 2.29 bits per heavy atom. The molecule has 1 unspecified atom stereocenters. The second-order valence-corrected chi connectivity index (χ2v) is 5.81. The number of carbonyl (C=O) groups excluding carboxylic acids is 1. The van der Waals surface area contributed by atoms with Crippen LogP contribution in [0.3, 0.4) is 0 Å². The monoisotopic (exact) mass is 294 g/mol. The molecule has 1 atom stereocenters. The van der Waals surface area contributed by atoms with Crippen molar-refractivity contribution >= 4 is 5.91 Å². The Hall–Kier alpha value is -1.50. The number of nitrogen functional groups attached to an aromatic ring is 1. The molecule has 1 aliphatic rings. The molecule has 2 rings (SSSR count). The van der Waals surface area contributed by atoms with Gasteiger partial charge in [-0.2, -0.15) is 0 Å². The number of hydrogen-bond donors (Lipinski definition) is 2. The lowest BCUT2D eigenvalue weighted by Gasteiger charge is -2.27. The SMILES string of the molecule is CN(C)CC1CCCN1Cc1cc(C(=O)NN)ccc1F. The van der Waals surface area contributed by atoms with Crippen LogP contribution in [0.25, 0.3) is 0 Å². The highest BCUT2D eigenvalue weighted by molar-refractivity contribution is 5.93. The Morgan fingerprint density at radius 1 is 1.52 bits per heavy atom. The van der Waals surface area contributed by atoms with E-state index in [-0.39, 0.29) is 5.82 Å². The zero-order chi connectivity index (χ0) is 15.4. The number of carbonyl (C=O) groups is 1. The van der Waals surface area contributed by atoms with Crippen LogP contribution in [0.5, 0.6) is 0 Å². The molecule has 1 amide bonds. The highest BCUT2D eigenvalue weighted by atomic mass is 19.1. The maximum atomic E-state index is 14.0. The van der Waals surface area contributed by atoms with Crippen LogP contribution < -0.4 is 11.3 Å². The standard InChI is InChI=1S/C15H23FN4O/c1-19(2)10-13-4-3-7-20(13)9-12-8-11(15(21)18-17)5-6-14(12)16/h5-6,8,13H,3-4,7,9-10,17H2,1-2H3,(H,18,21). The van der Waals surface area contributed by atoms with Gasteiger partial charge in [-0.25, -0.2) is 10.2 Å². The highest BCUT2D eigenvalue weighted by Crippen LogP contribution is 2.22. The molecular weight excluding hydrogens is 271 g/mol. The first-order valence-corrected chi connectivity index (χ1v) is 7.19. The summed E-state index contributed by atoms with van der Waals surface area (Å²) >= 11 is 0. The van der Waals surface area contributed by atoms with Crippen LogP contribution in [-0.4, -0.2) is 48.9 Å². The van der Waals surface area contributed by atoms with Crippen molar-refractivity contribution in [3.05, 3.63) is 35.1 Å². The predicted octanol–water partition coefficient (Wildman–Crippen LogP) is 0.955. The minimum absolute atomic E-state index is 0.279. The molecule has 5 nitrogen and oxygen atoms in total. The minimum Gasteiger partial charge on any atom is -0.308 e. The molecule has 0 saturated carbocycles. The summed E-state index contributed by atoms with van der Waals surface area (Å²) in [6.45, 7) is 2.45. The summed E-state index contributed by atoms with van der Waals surface area (Å²) in [6, 6.07) is 4.80. The molecule has 1 heterocycles. The number of benzene rings is 1. The van der Waals surface area contributed by atoms with Gasteiger partial charge in [-0.15, -0.1) is 0 Å². The molecule has 1 fully saturated rings. The quantitative estimate of drug-likeness (QED) is 0.482. The van der Waals surface area contributed by atoms with Crippen molar-refractivity contribution in [3.63, 3.8) is 0 Å². The van der Waals surface area contributed by atoms with Crippen LogP contribution in [0.4, 0.5) is 4.39 Å². The van der Waals surface area contributed by atoms with Crippen LogP contribution in [0.2, 0.25) is 0 Å². The van der Waals surface area contributed by atoms with Crippen molar-refractivity contribution < 1.29 is 9.18 Å². The average Bonchev–Trinajstić information content (AvgIpc) is 2.86. The van der Waals surface area contributed by atoms with Gasteiger partial charge in [-0.1, -0.05) is 0 Å². The maximum Gasteiger partial charge on any atom is 0.265 e. The molecule has 0 bridgehead atoms. The van der Waals surface area contributed by atoms with E-state index in [9.17, 15) is 9.18 Å². The third-order valence-electron chi connectivity index (χ3n) is 3.89. The Labute approximate surface area is 124 Å². The Morgan fingerprint density at radius 3 is 2.95 bits per heavy atom. The molecule has 1 aliphatic heterocycles. The number of likely N-dealkylation sites (N-methyl/N-ethyl adjacent to an activating group) is 1. The van der Waals surface area contributed by atoms with E-state index < -0.39 is 5.91 Å². The summed E-state index contributed by atoms with van der Waals surface area (Å²) < 4.78 is 14.0. The first-order chi connectivity index (χ1) is 10.0. The molecule has 1 aromatic rings. The van der Waals surface area contributed by atoms with Gasteiger partial charge in [0, 0.05) is 30.3 Å². The minimum atomic E-state index is -0.400. The maximum absolute atomic E-state index is 14.0. The number of amides is 1. The molecule has 0 radical (unpaired) electrons. The van der Waals surface area contributed by atoms with Crippen LogP contribution >= 0.6 is 0 Å². The molecule has 0 spiro atoms. The van der Waals surface area contributed by atoms with E-state index >= 15 is 0 Å². The summed E-state index contributed by atoms with van der Waals surface area (Å²) in [5.41, 5.74) is 3.00. The largest absolute Gasteiger partial charge is 0.308 e. The van der Waals surface area contributed by atoms with Crippen molar-refractivity contribution in [1.29, 1.82) is 0 Å². The molecule has 6 heteroatoms. The fraction of sp³-hybridized carbons (Fsp3) is 0.533. The van der Waals surface area contributed by atoms with Gasteiger partial charge in [0.2, 0.25) is 0 Å². The molecular formula is C15H23FN4O. The van der Waals surface area contributed by atoms with Crippen molar-refractivity contribution in [2.45, 2.75) is 25.4 Å². The second-order valence-electron chi connectivity index (χ2n) is 5.81. The van der Waals surface area contributed by atoms with Crippen LogP contribution in [0.15, 0.2) is 18.2 Å². The average molecular weight is 294 g/mol. The van der Waals surface area contributed by atoms with Gasteiger partial charge < -0.3 is 4.90 Å². The first kappa shape index (κ1) is 15.9. The number of nitrogens with two attached hydrogens (primary N) is 1. The van der Waals surface area contributed by atoms with E-state index in [1.54, 1.807) is 6.07 Å². The van der Waals surface area contributed by atoms with Crippen LogP contribution in [0.1, 0.15) is 28.8 Å². The summed E-state index contributed by atoms with van der Waals surface area (Å²) in [5, 5.41) is 0. The Kier molecular flexibility index (Phi) is 5.27. The number of rotatable bonds is 5. The molecule has 1 saturated heterocycles. The van der Waals surface area contributed by atoms with E-state index in [4.69, 9.17) is 5.84 Å². The van der Waals surface area contributed by atoms with Gasteiger partial charge >= 0.3 is 0 Å². The van der Waals surface area contributed by atoms with Crippen molar-refractivity contribution in [2.75, 3.05) is 27.2 Å². The van der Waals surface area contributed by atoms with Crippen molar-refractivity contribution in [2.24, 2.45) is 5.84 Å². The summed E-state index contributed by atoms with van der Waals surface area (Å²) in [7, 11) is 4.09. The second kappa shape index (κ2) is 6.98. The number of nitrogens with zero attached hydrogens (tertiary/aromatic N) is 2. The smallest absolute Gasteiger partial charge is 0.265 e. The predicted molar refractivity (Wildman–Crippen MR) is 80.0 cm³/mol. The van der Waals surface area contributed by atoms with Gasteiger partial charge in [0.05, 0.1) is 0 Å². The van der Waals surface area contributed by atoms with Gasteiger partial charge in [0.25, 0.3) is 5.91 Å². The lowest BCUT2D eigenvalue weighted by atomic mass is 10.1. The highest BCUT2D eigenvalue weighted by Gasteiger charge is 2.25. The van der Waals surface area contributed by atoms with E-state index in [0.717, 1.165) is 25.9 Å². The first-order valence-electron chi connectivity index (χ1n) is 7.19. The number of hydrazine groups is 1. The van der Waals surface area contributed by atoms with Gasteiger partial charge in [0.1, 0.15) is 5.82 Å². The van der Waals surface area contributed by atoms with E-state index in [1.807, 2.05) is 14.1 Å². The topological polar surface area (TPSA) is 61.6 Å². The summed E-state index contributed by atoms with van der Waals surface area (Å²) in [4.78, 5) is 16.0. The zero-order valence-electron chi connectivity index (χ0n) is 12.6. The molecule has 0 aromatic heterocycles. The summed E-state index contributed by atoms with van der Waals surface area (Å²) in [5.74, 6) is 4.44. The molecule has 3 N–H and O–H groups in total. The summed E-state index contributed by atoms with van der Waals surface area (Å²) in [6.07, 6.45) is 2.26. The lowest BCUT2D eigenvalue weighted by molar-refractivity contribution is 0.0953. The Bertz CT molecular complexity index is 506. The third-order valence-corrected chi connectivity index (χ3v) is 3.89.